The summed E-state index contributed by atoms with van der Waals surface area (Å²) in [5, 5.41) is 25.6. The van der Waals surface area contributed by atoms with E-state index in [9.17, 15) is 0 Å². The van der Waals surface area contributed by atoms with Gasteiger partial charge in [0.2, 0.25) is 5.62 Å². The van der Waals surface area contributed by atoms with Crippen molar-refractivity contribution < 1.29 is 4.74 Å². The molecule has 9 nitrogen and oxygen atoms in total. The summed E-state index contributed by atoms with van der Waals surface area (Å²) in [5.41, 5.74) is 11.7. The SMILES string of the molecule is C=C/C(=C\C=C(/C)OCCn1ccn(CCCCCCCCNC(=N)N)c1=N)C(=N)N. The molecule has 0 amide bonds. The standard InChI is InChI=1S/C22H38N8O/c1-3-19(20(23)24)11-10-18(2)31-17-16-30-15-14-29(22(30)27)13-9-7-5-4-6-8-12-28-21(25)26/h3,10-11,14-15,27H,1,4-9,12-13,16-17H2,2H3,(H3,23,24)(H4,25,26,28)/b18-10+,19-11+,27-22?. The number of guanidine groups is 1. The molecule has 9 heteroatoms. The lowest BCUT2D eigenvalue weighted by Gasteiger charge is -2.08. The Morgan fingerprint density at radius 3 is 2.26 bits per heavy atom. The van der Waals surface area contributed by atoms with E-state index in [2.05, 4.69) is 11.9 Å². The number of nitrogens with one attached hydrogen (secondary N) is 4. The number of allylic oxidation sites excluding steroid dienone is 3. The van der Waals surface area contributed by atoms with Crippen molar-refractivity contribution in [3.63, 3.8) is 0 Å². The van der Waals surface area contributed by atoms with E-state index in [1.165, 1.54) is 18.9 Å². The molecule has 0 aromatic carbocycles. The second-order valence-corrected chi connectivity index (χ2v) is 7.34. The van der Waals surface area contributed by atoms with Crippen LogP contribution in [-0.2, 0) is 17.8 Å². The van der Waals surface area contributed by atoms with Crippen LogP contribution in [0.5, 0.6) is 0 Å². The van der Waals surface area contributed by atoms with Crippen LogP contribution in [-0.4, -0.2) is 34.1 Å². The Kier molecular flexibility index (Phi) is 12.2. The summed E-state index contributed by atoms with van der Waals surface area (Å²) in [6.45, 7) is 8.13. The van der Waals surface area contributed by atoms with Gasteiger partial charge in [-0.05, 0) is 31.9 Å². The first kappa shape index (κ1) is 25.8. The Labute approximate surface area is 185 Å². The van der Waals surface area contributed by atoms with Gasteiger partial charge in [-0.25, -0.2) is 0 Å². The van der Waals surface area contributed by atoms with Gasteiger partial charge >= 0.3 is 0 Å². The van der Waals surface area contributed by atoms with Crippen molar-refractivity contribution in [1.29, 1.82) is 16.2 Å². The molecular weight excluding hydrogens is 392 g/mol. The van der Waals surface area contributed by atoms with Crippen LogP contribution in [0, 0.1) is 16.2 Å². The van der Waals surface area contributed by atoms with Crippen molar-refractivity contribution in [2.45, 2.75) is 58.5 Å². The molecule has 0 fully saturated rings. The highest BCUT2D eigenvalue weighted by atomic mass is 16.5. The van der Waals surface area contributed by atoms with Gasteiger partial charge in [-0.3, -0.25) is 16.2 Å². The van der Waals surface area contributed by atoms with Crippen molar-refractivity contribution in [1.82, 2.24) is 14.5 Å². The van der Waals surface area contributed by atoms with E-state index >= 15 is 0 Å². The Hall–Kier alpha value is -3.23. The fourth-order valence-corrected chi connectivity index (χ4v) is 2.99. The second-order valence-electron chi connectivity index (χ2n) is 7.34. The molecule has 0 unspecified atom stereocenters. The predicted octanol–water partition coefficient (Wildman–Crippen LogP) is 2.56. The maximum atomic E-state index is 8.31. The minimum Gasteiger partial charge on any atom is -0.496 e. The number of nitrogens with zero attached hydrogens (tertiary/aromatic N) is 2. The smallest absolute Gasteiger partial charge is 0.202 e. The Balaban J connectivity index is 2.28. The quantitative estimate of drug-likeness (QED) is 0.0784. The zero-order valence-corrected chi connectivity index (χ0v) is 18.6. The summed E-state index contributed by atoms with van der Waals surface area (Å²) < 4.78 is 9.52. The van der Waals surface area contributed by atoms with E-state index in [-0.39, 0.29) is 11.8 Å². The van der Waals surface area contributed by atoms with Crippen molar-refractivity contribution in [2.24, 2.45) is 11.5 Å². The molecule has 0 atom stereocenters. The molecule has 0 bridgehead atoms. The number of amidine groups is 1. The monoisotopic (exact) mass is 430 g/mol. The molecule has 1 rings (SSSR count). The molecular formula is C22H38N8O. The predicted molar refractivity (Wildman–Crippen MR) is 126 cm³/mol. The third kappa shape index (κ3) is 10.9. The number of rotatable bonds is 16. The van der Waals surface area contributed by atoms with E-state index in [0.29, 0.717) is 30.1 Å². The van der Waals surface area contributed by atoms with Crippen LogP contribution in [0.25, 0.3) is 0 Å². The Morgan fingerprint density at radius 1 is 1.03 bits per heavy atom. The highest BCUT2D eigenvalue weighted by Crippen LogP contribution is 2.06. The van der Waals surface area contributed by atoms with Crippen LogP contribution in [0.3, 0.4) is 0 Å². The van der Waals surface area contributed by atoms with Gasteiger partial charge in [0.15, 0.2) is 5.96 Å². The van der Waals surface area contributed by atoms with Gasteiger partial charge in [-0.1, -0.05) is 38.3 Å². The molecule has 0 radical (unpaired) electrons. The molecule has 0 aliphatic carbocycles. The van der Waals surface area contributed by atoms with Gasteiger partial charge in [0.05, 0.1) is 12.3 Å². The summed E-state index contributed by atoms with van der Waals surface area (Å²) in [4.78, 5) is 0. The highest BCUT2D eigenvalue weighted by molar-refractivity contribution is 5.97. The number of ether oxygens (including phenoxy) is 1. The highest BCUT2D eigenvalue weighted by Gasteiger charge is 2.01. The fraction of sp³-hybridized carbons (Fsp3) is 0.500. The largest absolute Gasteiger partial charge is 0.496 e. The van der Waals surface area contributed by atoms with Gasteiger partial charge in [0.25, 0.3) is 0 Å². The van der Waals surface area contributed by atoms with E-state index in [4.69, 9.17) is 32.4 Å². The summed E-state index contributed by atoms with van der Waals surface area (Å²) >= 11 is 0. The van der Waals surface area contributed by atoms with Crippen molar-refractivity contribution in [2.75, 3.05) is 13.2 Å². The minimum absolute atomic E-state index is 0.0308. The van der Waals surface area contributed by atoms with Crippen molar-refractivity contribution in [3.8, 4) is 0 Å². The van der Waals surface area contributed by atoms with Crippen LogP contribution < -0.4 is 22.4 Å². The molecule has 0 saturated heterocycles. The van der Waals surface area contributed by atoms with Gasteiger partial charge in [0, 0.05) is 31.1 Å². The average Bonchev–Trinajstić information content (AvgIpc) is 3.06. The molecule has 8 N–H and O–H groups in total. The van der Waals surface area contributed by atoms with Crippen molar-refractivity contribution >= 4 is 11.8 Å². The third-order valence-corrected chi connectivity index (χ3v) is 4.80. The van der Waals surface area contributed by atoms with Crippen LogP contribution in [0.1, 0.15) is 45.4 Å². The maximum absolute atomic E-state index is 8.31. The first-order valence-corrected chi connectivity index (χ1v) is 10.7. The zero-order chi connectivity index (χ0) is 23.1. The zero-order valence-electron chi connectivity index (χ0n) is 18.6. The van der Waals surface area contributed by atoms with Crippen LogP contribution in [0.15, 0.2) is 48.5 Å². The lowest BCUT2D eigenvalue weighted by Crippen LogP contribution is -2.30. The van der Waals surface area contributed by atoms with E-state index in [1.807, 2.05) is 28.5 Å². The van der Waals surface area contributed by atoms with E-state index in [0.717, 1.165) is 38.8 Å². The fourth-order valence-electron chi connectivity index (χ4n) is 2.99. The lowest BCUT2D eigenvalue weighted by atomic mass is 10.1. The number of unbranched alkanes of at least 4 members (excludes halogenated alkanes) is 5. The third-order valence-electron chi connectivity index (χ3n) is 4.80. The number of aromatic nitrogens is 2. The number of hydrogen-bond acceptors (Lipinski definition) is 4. The summed E-state index contributed by atoms with van der Waals surface area (Å²) in [6.07, 6.45) is 15.6. The summed E-state index contributed by atoms with van der Waals surface area (Å²) in [7, 11) is 0. The molecule has 0 aliphatic heterocycles. The minimum atomic E-state index is -0.0308. The molecule has 1 heterocycles. The summed E-state index contributed by atoms with van der Waals surface area (Å²) in [6, 6.07) is 0. The maximum Gasteiger partial charge on any atom is 0.202 e. The lowest BCUT2D eigenvalue weighted by molar-refractivity contribution is 0.200. The molecule has 0 aliphatic rings. The van der Waals surface area contributed by atoms with Gasteiger partial charge in [0.1, 0.15) is 12.4 Å². The number of aryl methyl sites for hydroxylation is 1. The molecule has 1 aromatic heterocycles. The topological polar surface area (TPSA) is 155 Å². The summed E-state index contributed by atoms with van der Waals surface area (Å²) in [5.74, 6) is 0.721. The Bertz CT molecular complexity index is 831. The van der Waals surface area contributed by atoms with Crippen LogP contribution in [0.4, 0.5) is 0 Å². The molecule has 1 aromatic rings. The van der Waals surface area contributed by atoms with E-state index in [1.54, 1.807) is 12.2 Å². The van der Waals surface area contributed by atoms with Gasteiger partial charge < -0.3 is 30.7 Å². The van der Waals surface area contributed by atoms with Crippen LogP contribution >= 0.6 is 0 Å². The first-order chi connectivity index (χ1) is 14.8. The first-order valence-electron chi connectivity index (χ1n) is 10.7. The number of nitrogens with two attached hydrogens (primary N) is 2. The van der Waals surface area contributed by atoms with E-state index < -0.39 is 0 Å². The number of imidazole rings is 1. The average molecular weight is 431 g/mol. The normalized spacial score (nSPS) is 11.9. The van der Waals surface area contributed by atoms with Crippen molar-refractivity contribution in [3.05, 3.63) is 54.2 Å². The number of hydrogen-bond donors (Lipinski definition) is 6. The van der Waals surface area contributed by atoms with Crippen LogP contribution in [0.2, 0.25) is 0 Å². The second kappa shape index (κ2) is 14.7. The molecule has 0 spiro atoms. The molecule has 0 saturated carbocycles. The Morgan fingerprint density at radius 2 is 1.65 bits per heavy atom. The van der Waals surface area contributed by atoms with Gasteiger partial charge in [-0.15, -0.1) is 0 Å². The van der Waals surface area contributed by atoms with Gasteiger partial charge in [-0.2, -0.15) is 0 Å². The molecule has 31 heavy (non-hydrogen) atoms. The molecule has 172 valence electrons.